The van der Waals surface area contributed by atoms with Gasteiger partial charge in [-0.25, -0.2) is 0 Å². The van der Waals surface area contributed by atoms with Crippen LogP contribution in [0.3, 0.4) is 0 Å². The van der Waals surface area contributed by atoms with Crippen LogP contribution in [0.4, 0.5) is 0 Å². The summed E-state index contributed by atoms with van der Waals surface area (Å²) in [5.41, 5.74) is -0.446. The molecule has 5 atom stereocenters. The summed E-state index contributed by atoms with van der Waals surface area (Å²) in [6.07, 6.45) is 0.384. The van der Waals surface area contributed by atoms with E-state index >= 15 is 0 Å². The van der Waals surface area contributed by atoms with Gasteiger partial charge in [-0.3, -0.25) is 0 Å². The molecule has 2 aliphatic heterocycles. The summed E-state index contributed by atoms with van der Waals surface area (Å²) >= 11 is 0. The molecule has 0 aromatic carbocycles. The van der Waals surface area contributed by atoms with E-state index in [1.165, 1.54) is 0 Å². The van der Waals surface area contributed by atoms with Crippen LogP contribution in [0.1, 0.15) is 41.5 Å². The van der Waals surface area contributed by atoms with E-state index in [9.17, 15) is 0 Å². The average Bonchev–Trinajstić information content (AvgIpc) is 2.69. The molecule has 0 aliphatic carbocycles. The van der Waals surface area contributed by atoms with Gasteiger partial charge in [0.25, 0.3) is 0 Å². The molecule has 2 heterocycles. The van der Waals surface area contributed by atoms with Crippen LogP contribution in [-0.2, 0) is 18.9 Å². The predicted molar refractivity (Wildman–Crippen MR) is 68.7 cm³/mol. The zero-order valence-electron chi connectivity index (χ0n) is 12.3. The maximum atomic E-state index is 6.15. The van der Waals surface area contributed by atoms with Crippen molar-refractivity contribution in [1.82, 2.24) is 0 Å². The molecule has 0 aromatic heterocycles. The molecule has 18 heavy (non-hydrogen) atoms. The zero-order valence-corrected chi connectivity index (χ0v) is 12.3. The Bertz CT molecular complexity index is 292. The van der Waals surface area contributed by atoms with Crippen molar-refractivity contribution in [1.29, 1.82) is 0 Å². The summed E-state index contributed by atoms with van der Waals surface area (Å²) in [5.74, 6) is 0. The minimum atomic E-state index is -0.446. The molecular weight excluding hydrogens is 232 g/mol. The molecule has 2 bridgehead atoms. The fraction of sp³-hybridized carbons (Fsp3) is 1.00. The van der Waals surface area contributed by atoms with Crippen LogP contribution in [0.5, 0.6) is 0 Å². The van der Waals surface area contributed by atoms with Crippen molar-refractivity contribution in [2.45, 2.75) is 83.8 Å². The van der Waals surface area contributed by atoms with Gasteiger partial charge >= 0.3 is 0 Å². The first-order valence-corrected chi connectivity index (χ1v) is 6.97. The Balaban J connectivity index is 2.17. The van der Waals surface area contributed by atoms with Crippen LogP contribution in [0.15, 0.2) is 0 Å². The van der Waals surface area contributed by atoms with E-state index in [0.29, 0.717) is 6.61 Å². The topological polar surface area (TPSA) is 36.9 Å². The van der Waals surface area contributed by atoms with Gasteiger partial charge in [0.15, 0.2) is 0 Å². The molecule has 0 radical (unpaired) electrons. The van der Waals surface area contributed by atoms with E-state index in [1.54, 1.807) is 0 Å². The van der Waals surface area contributed by atoms with E-state index in [1.807, 2.05) is 34.6 Å². The smallest absolute Gasteiger partial charge is 0.146 e. The normalized spacial score (nSPS) is 41.0. The summed E-state index contributed by atoms with van der Waals surface area (Å²) in [5, 5.41) is 0. The fourth-order valence-electron chi connectivity index (χ4n) is 3.02. The molecule has 0 saturated carbocycles. The van der Waals surface area contributed by atoms with Crippen molar-refractivity contribution < 1.29 is 18.9 Å². The molecule has 0 unspecified atom stereocenters. The van der Waals surface area contributed by atoms with Crippen LogP contribution in [0, 0.1) is 0 Å². The zero-order chi connectivity index (χ0) is 13.5. The first kappa shape index (κ1) is 14.3. The second-order valence-corrected chi connectivity index (χ2v) is 5.99. The summed E-state index contributed by atoms with van der Waals surface area (Å²) in [7, 11) is 0. The summed E-state index contributed by atoms with van der Waals surface area (Å²) in [4.78, 5) is 0. The van der Waals surface area contributed by atoms with Gasteiger partial charge in [-0.05, 0) is 41.5 Å². The van der Waals surface area contributed by atoms with E-state index < -0.39 is 5.60 Å². The van der Waals surface area contributed by atoms with E-state index in [4.69, 9.17) is 18.9 Å². The minimum Gasteiger partial charge on any atom is -0.373 e. The van der Waals surface area contributed by atoms with Gasteiger partial charge in [0, 0.05) is 0 Å². The van der Waals surface area contributed by atoms with Crippen molar-refractivity contribution in [2.24, 2.45) is 0 Å². The predicted octanol–water partition coefficient (Wildman–Crippen LogP) is 2.15. The van der Waals surface area contributed by atoms with Gasteiger partial charge in [-0.1, -0.05) is 0 Å². The van der Waals surface area contributed by atoms with Crippen molar-refractivity contribution >= 4 is 0 Å². The van der Waals surface area contributed by atoms with Gasteiger partial charge in [0.1, 0.15) is 17.8 Å². The van der Waals surface area contributed by atoms with Crippen molar-refractivity contribution in [2.75, 3.05) is 6.61 Å². The Labute approximate surface area is 110 Å². The molecule has 2 saturated heterocycles. The molecule has 0 N–H and O–H groups in total. The lowest BCUT2D eigenvalue weighted by Crippen LogP contribution is -2.53. The highest BCUT2D eigenvalue weighted by Crippen LogP contribution is 2.45. The molecule has 2 aliphatic rings. The van der Waals surface area contributed by atoms with Crippen LogP contribution in [0.25, 0.3) is 0 Å². The van der Waals surface area contributed by atoms with Gasteiger partial charge < -0.3 is 18.9 Å². The Kier molecular flexibility index (Phi) is 4.02. The van der Waals surface area contributed by atoms with Gasteiger partial charge in [0.05, 0.1) is 31.0 Å². The highest BCUT2D eigenvalue weighted by atomic mass is 16.7. The SMILES string of the molecule is CC(C)O[C@@H](C)[C@]12CO[C@H]([C@H](C)O1)[C@H]2OC(C)C. The second kappa shape index (κ2) is 5.08. The maximum Gasteiger partial charge on any atom is 0.146 e. The van der Waals surface area contributed by atoms with Gasteiger partial charge in [0.2, 0.25) is 0 Å². The van der Waals surface area contributed by atoms with E-state index in [2.05, 4.69) is 6.92 Å². The molecule has 4 heteroatoms. The third-order valence-corrected chi connectivity index (χ3v) is 3.73. The van der Waals surface area contributed by atoms with Crippen LogP contribution in [0.2, 0.25) is 0 Å². The van der Waals surface area contributed by atoms with Crippen LogP contribution >= 0.6 is 0 Å². The molecule has 2 fully saturated rings. The lowest BCUT2D eigenvalue weighted by molar-refractivity contribution is -0.204. The molecule has 106 valence electrons. The fourth-order valence-corrected chi connectivity index (χ4v) is 3.02. The van der Waals surface area contributed by atoms with Crippen molar-refractivity contribution in [3.05, 3.63) is 0 Å². The summed E-state index contributed by atoms with van der Waals surface area (Å²) in [6, 6.07) is 0. The van der Waals surface area contributed by atoms with Crippen molar-refractivity contribution in [3.63, 3.8) is 0 Å². The molecular formula is C14H26O4. The standard InChI is InChI=1S/C14H26O4/c1-8(2)16-11(6)14-7-15-12(10(5)18-14)13(14)17-9(3)4/h8-13H,7H2,1-6H3/t10-,11-,12+,13+,14-/m0/s1. The first-order chi connectivity index (χ1) is 8.36. The van der Waals surface area contributed by atoms with E-state index in [0.717, 1.165) is 0 Å². The van der Waals surface area contributed by atoms with Crippen LogP contribution in [-0.4, -0.2) is 48.8 Å². The van der Waals surface area contributed by atoms with E-state index in [-0.39, 0.29) is 36.6 Å². The minimum absolute atomic E-state index is 0.0266. The Morgan fingerprint density at radius 3 is 2.28 bits per heavy atom. The highest BCUT2D eigenvalue weighted by Gasteiger charge is 2.64. The molecule has 0 spiro atoms. The number of rotatable bonds is 5. The Morgan fingerprint density at radius 2 is 1.78 bits per heavy atom. The van der Waals surface area contributed by atoms with Gasteiger partial charge in [-0.2, -0.15) is 0 Å². The largest absolute Gasteiger partial charge is 0.373 e. The summed E-state index contributed by atoms with van der Waals surface area (Å²) < 4.78 is 24.0. The summed E-state index contributed by atoms with van der Waals surface area (Å²) in [6.45, 7) is 12.8. The van der Waals surface area contributed by atoms with Gasteiger partial charge in [-0.15, -0.1) is 0 Å². The number of fused-ring (bicyclic) bond motifs is 2. The van der Waals surface area contributed by atoms with Crippen molar-refractivity contribution in [3.8, 4) is 0 Å². The Hall–Kier alpha value is -0.160. The Morgan fingerprint density at radius 1 is 1.11 bits per heavy atom. The quantitative estimate of drug-likeness (QED) is 0.757. The average molecular weight is 258 g/mol. The highest BCUT2D eigenvalue weighted by molar-refractivity contribution is 5.11. The monoisotopic (exact) mass is 258 g/mol. The molecule has 0 amide bonds. The van der Waals surface area contributed by atoms with Crippen LogP contribution < -0.4 is 0 Å². The third kappa shape index (κ3) is 2.31. The molecule has 4 nitrogen and oxygen atoms in total. The third-order valence-electron chi connectivity index (χ3n) is 3.73. The maximum absolute atomic E-state index is 6.15. The molecule has 0 aromatic rings. The number of ether oxygens (including phenoxy) is 4. The first-order valence-electron chi connectivity index (χ1n) is 6.97. The molecule has 2 rings (SSSR count). The lowest BCUT2D eigenvalue weighted by Gasteiger charge is -2.37. The second-order valence-electron chi connectivity index (χ2n) is 5.99. The lowest BCUT2D eigenvalue weighted by atomic mass is 9.92. The number of hydrogen-bond donors (Lipinski definition) is 0. The number of hydrogen-bond acceptors (Lipinski definition) is 4.